The lowest BCUT2D eigenvalue weighted by Gasteiger charge is -2.17. The SMILES string of the molecule is CCNC(=O)c1ccc(NC(=O)[C@@H](N)[C@@H](C)CC)cc1. The highest BCUT2D eigenvalue weighted by atomic mass is 16.2. The van der Waals surface area contributed by atoms with Crippen molar-refractivity contribution in [2.45, 2.75) is 33.2 Å². The van der Waals surface area contributed by atoms with Crippen molar-refractivity contribution in [3.8, 4) is 0 Å². The molecule has 0 spiro atoms. The van der Waals surface area contributed by atoms with Crippen LogP contribution in [0.3, 0.4) is 0 Å². The summed E-state index contributed by atoms with van der Waals surface area (Å²) in [4.78, 5) is 23.5. The van der Waals surface area contributed by atoms with Crippen LogP contribution in [0, 0.1) is 5.92 Å². The second kappa shape index (κ2) is 7.65. The van der Waals surface area contributed by atoms with E-state index in [1.807, 2.05) is 20.8 Å². The third-order valence-corrected chi connectivity index (χ3v) is 3.31. The van der Waals surface area contributed by atoms with E-state index in [-0.39, 0.29) is 17.7 Å². The fourth-order valence-electron chi connectivity index (χ4n) is 1.71. The maximum Gasteiger partial charge on any atom is 0.251 e. The molecule has 0 aliphatic carbocycles. The van der Waals surface area contributed by atoms with Crippen molar-refractivity contribution in [2.75, 3.05) is 11.9 Å². The van der Waals surface area contributed by atoms with E-state index in [1.54, 1.807) is 24.3 Å². The Morgan fingerprint density at radius 1 is 1.20 bits per heavy atom. The molecule has 1 aromatic rings. The van der Waals surface area contributed by atoms with E-state index in [0.717, 1.165) is 6.42 Å². The van der Waals surface area contributed by atoms with Crippen molar-refractivity contribution in [3.63, 3.8) is 0 Å². The molecule has 2 amide bonds. The number of amides is 2. The van der Waals surface area contributed by atoms with Gasteiger partial charge in [0.2, 0.25) is 5.91 Å². The van der Waals surface area contributed by atoms with E-state index in [2.05, 4.69) is 10.6 Å². The van der Waals surface area contributed by atoms with Crippen molar-refractivity contribution in [3.05, 3.63) is 29.8 Å². The van der Waals surface area contributed by atoms with E-state index in [4.69, 9.17) is 5.73 Å². The highest BCUT2D eigenvalue weighted by Crippen LogP contribution is 2.12. The number of rotatable bonds is 6. The van der Waals surface area contributed by atoms with E-state index in [1.165, 1.54) is 0 Å². The molecule has 0 unspecified atom stereocenters. The van der Waals surface area contributed by atoms with E-state index in [9.17, 15) is 9.59 Å². The Morgan fingerprint density at radius 2 is 1.80 bits per heavy atom. The number of benzene rings is 1. The molecule has 0 aromatic heterocycles. The summed E-state index contributed by atoms with van der Waals surface area (Å²) < 4.78 is 0. The van der Waals surface area contributed by atoms with E-state index >= 15 is 0 Å². The second-order valence-corrected chi connectivity index (χ2v) is 4.84. The predicted octanol–water partition coefficient (Wildman–Crippen LogP) is 1.75. The van der Waals surface area contributed by atoms with Crippen LogP contribution in [-0.2, 0) is 4.79 Å². The van der Waals surface area contributed by atoms with Crippen LogP contribution in [0.5, 0.6) is 0 Å². The zero-order chi connectivity index (χ0) is 15.1. The fraction of sp³-hybridized carbons (Fsp3) is 0.467. The van der Waals surface area contributed by atoms with Gasteiger partial charge in [0.05, 0.1) is 6.04 Å². The molecule has 5 nitrogen and oxygen atoms in total. The first-order valence-corrected chi connectivity index (χ1v) is 6.94. The van der Waals surface area contributed by atoms with Crippen LogP contribution in [0.15, 0.2) is 24.3 Å². The van der Waals surface area contributed by atoms with Crippen LogP contribution < -0.4 is 16.4 Å². The first-order chi connectivity index (χ1) is 9.49. The lowest BCUT2D eigenvalue weighted by Crippen LogP contribution is -2.40. The normalized spacial score (nSPS) is 13.4. The van der Waals surface area contributed by atoms with Gasteiger partial charge in [0, 0.05) is 17.8 Å². The second-order valence-electron chi connectivity index (χ2n) is 4.84. The highest BCUT2D eigenvalue weighted by molar-refractivity contribution is 5.97. The Kier molecular flexibility index (Phi) is 6.18. The van der Waals surface area contributed by atoms with Crippen LogP contribution in [-0.4, -0.2) is 24.4 Å². The van der Waals surface area contributed by atoms with Gasteiger partial charge >= 0.3 is 0 Å². The van der Waals surface area contributed by atoms with Gasteiger partial charge in [-0.3, -0.25) is 9.59 Å². The number of carbonyl (C=O) groups is 2. The zero-order valence-corrected chi connectivity index (χ0v) is 12.3. The smallest absolute Gasteiger partial charge is 0.251 e. The molecule has 0 aliphatic heterocycles. The fourth-order valence-corrected chi connectivity index (χ4v) is 1.71. The highest BCUT2D eigenvalue weighted by Gasteiger charge is 2.19. The summed E-state index contributed by atoms with van der Waals surface area (Å²) in [6.45, 7) is 6.39. The van der Waals surface area contributed by atoms with Crippen molar-refractivity contribution in [1.82, 2.24) is 5.32 Å². The van der Waals surface area contributed by atoms with Crippen LogP contribution in [0.1, 0.15) is 37.6 Å². The summed E-state index contributed by atoms with van der Waals surface area (Å²) in [6.07, 6.45) is 0.852. The first kappa shape index (κ1) is 16.2. The summed E-state index contributed by atoms with van der Waals surface area (Å²) in [5, 5.41) is 5.48. The summed E-state index contributed by atoms with van der Waals surface area (Å²) >= 11 is 0. The molecule has 0 aliphatic rings. The Hall–Kier alpha value is -1.88. The average molecular weight is 277 g/mol. The number of hydrogen-bond donors (Lipinski definition) is 3. The molecule has 0 radical (unpaired) electrons. The van der Waals surface area contributed by atoms with Crippen LogP contribution in [0.25, 0.3) is 0 Å². The van der Waals surface area contributed by atoms with Gasteiger partial charge in [0.1, 0.15) is 0 Å². The van der Waals surface area contributed by atoms with Crippen molar-refractivity contribution >= 4 is 17.5 Å². The van der Waals surface area contributed by atoms with Gasteiger partial charge in [-0.1, -0.05) is 20.3 Å². The number of anilines is 1. The lowest BCUT2D eigenvalue weighted by molar-refractivity contribution is -0.118. The Balaban J connectivity index is 2.66. The van der Waals surface area contributed by atoms with Gasteiger partial charge in [-0.15, -0.1) is 0 Å². The van der Waals surface area contributed by atoms with Gasteiger partial charge < -0.3 is 16.4 Å². The quantitative estimate of drug-likeness (QED) is 0.740. The number of carbonyl (C=O) groups excluding carboxylic acids is 2. The topological polar surface area (TPSA) is 84.2 Å². The van der Waals surface area contributed by atoms with Crippen molar-refractivity contribution in [1.29, 1.82) is 0 Å². The maximum absolute atomic E-state index is 11.9. The molecule has 2 atom stereocenters. The summed E-state index contributed by atoms with van der Waals surface area (Å²) in [5.41, 5.74) is 7.07. The van der Waals surface area contributed by atoms with Gasteiger partial charge in [-0.2, -0.15) is 0 Å². The predicted molar refractivity (Wildman–Crippen MR) is 80.5 cm³/mol. The summed E-state index contributed by atoms with van der Waals surface area (Å²) in [7, 11) is 0. The molecule has 110 valence electrons. The molecular weight excluding hydrogens is 254 g/mol. The third kappa shape index (κ3) is 4.35. The molecule has 1 rings (SSSR count). The molecule has 0 heterocycles. The molecule has 0 saturated heterocycles. The maximum atomic E-state index is 11.9. The van der Waals surface area contributed by atoms with Crippen molar-refractivity contribution in [2.24, 2.45) is 11.7 Å². The largest absolute Gasteiger partial charge is 0.352 e. The molecule has 5 heteroatoms. The van der Waals surface area contributed by atoms with Gasteiger partial charge in [-0.25, -0.2) is 0 Å². The molecular formula is C15H23N3O2. The van der Waals surface area contributed by atoms with Crippen LogP contribution in [0.2, 0.25) is 0 Å². The van der Waals surface area contributed by atoms with Gasteiger partial charge in [0.15, 0.2) is 0 Å². The molecule has 0 saturated carbocycles. The number of nitrogens with one attached hydrogen (secondary N) is 2. The minimum atomic E-state index is -0.525. The third-order valence-electron chi connectivity index (χ3n) is 3.31. The van der Waals surface area contributed by atoms with Gasteiger partial charge in [-0.05, 0) is 37.1 Å². The van der Waals surface area contributed by atoms with E-state index < -0.39 is 6.04 Å². The molecule has 1 aromatic carbocycles. The number of hydrogen-bond acceptors (Lipinski definition) is 3. The molecule has 20 heavy (non-hydrogen) atoms. The van der Waals surface area contributed by atoms with E-state index in [0.29, 0.717) is 17.8 Å². The zero-order valence-electron chi connectivity index (χ0n) is 12.3. The molecule has 0 bridgehead atoms. The van der Waals surface area contributed by atoms with Crippen LogP contribution >= 0.6 is 0 Å². The summed E-state index contributed by atoms with van der Waals surface area (Å²) in [6, 6.07) is 6.23. The monoisotopic (exact) mass is 277 g/mol. The summed E-state index contributed by atoms with van der Waals surface area (Å²) in [5.74, 6) is -0.198. The average Bonchev–Trinajstić information content (AvgIpc) is 2.46. The minimum absolute atomic E-state index is 0.123. The Labute approximate surface area is 119 Å². The standard InChI is InChI=1S/C15H23N3O2/c1-4-10(3)13(16)15(20)18-12-8-6-11(7-9-12)14(19)17-5-2/h6-10,13H,4-5,16H2,1-3H3,(H,17,19)(H,18,20)/t10-,13-/m0/s1. The van der Waals surface area contributed by atoms with Gasteiger partial charge in [0.25, 0.3) is 5.91 Å². The number of nitrogens with two attached hydrogens (primary N) is 1. The Morgan fingerprint density at radius 3 is 2.30 bits per heavy atom. The first-order valence-electron chi connectivity index (χ1n) is 6.94. The lowest BCUT2D eigenvalue weighted by atomic mass is 9.99. The van der Waals surface area contributed by atoms with Crippen molar-refractivity contribution < 1.29 is 9.59 Å². The minimum Gasteiger partial charge on any atom is -0.352 e. The molecule has 4 N–H and O–H groups in total. The van der Waals surface area contributed by atoms with Crippen LogP contribution in [0.4, 0.5) is 5.69 Å². The molecule has 0 fully saturated rings. The Bertz CT molecular complexity index is 457.